The van der Waals surface area contributed by atoms with Gasteiger partial charge < -0.3 is 10.4 Å². The minimum atomic E-state index is -0.953. The molecule has 74 valence electrons. The Balaban J connectivity index is 2.77. The van der Waals surface area contributed by atoms with Gasteiger partial charge in [-0.25, -0.2) is 4.79 Å². The summed E-state index contributed by atoms with van der Waals surface area (Å²) in [5, 5.41) is 26.2. The Morgan fingerprint density at radius 1 is 1.93 bits per heavy atom. The summed E-state index contributed by atoms with van der Waals surface area (Å²) >= 11 is 0. The van der Waals surface area contributed by atoms with Gasteiger partial charge in [-0.15, -0.1) is 0 Å². The zero-order valence-electron chi connectivity index (χ0n) is 7.61. The molecule has 0 spiro atoms. The van der Waals surface area contributed by atoms with E-state index in [2.05, 4.69) is 15.5 Å². The van der Waals surface area contributed by atoms with Crippen molar-refractivity contribution < 1.29 is 9.90 Å². The second kappa shape index (κ2) is 4.28. The average Bonchev–Trinajstić information content (AvgIpc) is 2.60. The normalized spacial score (nSPS) is 11.7. The number of rotatable bonds is 4. The van der Waals surface area contributed by atoms with E-state index in [1.54, 1.807) is 6.92 Å². The van der Waals surface area contributed by atoms with Gasteiger partial charge in [0.2, 0.25) is 0 Å². The number of nitriles is 1. The topological polar surface area (TPSA) is 102 Å². The average molecular weight is 194 g/mol. The lowest BCUT2D eigenvalue weighted by Crippen LogP contribution is -2.28. The monoisotopic (exact) mass is 194 g/mol. The van der Waals surface area contributed by atoms with Crippen molar-refractivity contribution in [1.82, 2.24) is 10.2 Å². The number of hydrogen-bond acceptors (Lipinski definition) is 4. The number of H-pyrrole nitrogens is 1. The highest BCUT2D eigenvalue weighted by Crippen LogP contribution is 2.11. The number of anilines is 1. The van der Waals surface area contributed by atoms with E-state index >= 15 is 0 Å². The molecule has 0 aliphatic rings. The SMILES string of the molecule is CCC(Nc1[nH]ncc1C#N)C(=O)O. The minimum Gasteiger partial charge on any atom is -0.480 e. The van der Waals surface area contributed by atoms with Crippen molar-refractivity contribution in [1.29, 1.82) is 5.26 Å². The number of carboxylic acid groups (broad SMARTS) is 1. The Hall–Kier alpha value is -2.03. The van der Waals surface area contributed by atoms with Crippen LogP contribution in [0.3, 0.4) is 0 Å². The summed E-state index contributed by atoms with van der Waals surface area (Å²) < 4.78 is 0. The van der Waals surface area contributed by atoms with Crippen LogP contribution in [0.4, 0.5) is 5.82 Å². The number of carbonyl (C=O) groups is 1. The summed E-state index contributed by atoms with van der Waals surface area (Å²) in [5.41, 5.74) is 0.310. The summed E-state index contributed by atoms with van der Waals surface area (Å²) in [4.78, 5) is 10.7. The number of nitrogens with one attached hydrogen (secondary N) is 2. The largest absolute Gasteiger partial charge is 0.480 e. The van der Waals surface area contributed by atoms with Gasteiger partial charge in [-0.05, 0) is 6.42 Å². The van der Waals surface area contributed by atoms with Crippen LogP contribution < -0.4 is 5.32 Å². The fourth-order valence-electron chi connectivity index (χ4n) is 0.994. The van der Waals surface area contributed by atoms with E-state index in [9.17, 15) is 4.79 Å². The van der Waals surface area contributed by atoms with Crippen LogP contribution in [0.25, 0.3) is 0 Å². The molecule has 6 heteroatoms. The van der Waals surface area contributed by atoms with Gasteiger partial charge in [-0.2, -0.15) is 10.4 Å². The van der Waals surface area contributed by atoms with E-state index in [1.165, 1.54) is 6.20 Å². The molecule has 1 unspecified atom stereocenters. The van der Waals surface area contributed by atoms with Gasteiger partial charge in [-0.1, -0.05) is 6.92 Å². The molecule has 1 atom stereocenters. The van der Waals surface area contributed by atoms with Crippen LogP contribution in [0, 0.1) is 11.3 Å². The van der Waals surface area contributed by atoms with Crippen molar-refractivity contribution in [2.24, 2.45) is 0 Å². The predicted octanol–water partition coefficient (Wildman–Crippen LogP) is 0.556. The van der Waals surface area contributed by atoms with Gasteiger partial charge in [0.05, 0.1) is 6.20 Å². The molecular weight excluding hydrogens is 184 g/mol. The van der Waals surface area contributed by atoms with Crippen LogP contribution in [0.2, 0.25) is 0 Å². The number of aromatic nitrogens is 2. The zero-order valence-corrected chi connectivity index (χ0v) is 7.61. The Morgan fingerprint density at radius 3 is 3.14 bits per heavy atom. The highest BCUT2D eigenvalue weighted by molar-refractivity contribution is 5.77. The molecule has 14 heavy (non-hydrogen) atoms. The quantitative estimate of drug-likeness (QED) is 0.649. The van der Waals surface area contributed by atoms with E-state index in [1.807, 2.05) is 6.07 Å². The summed E-state index contributed by atoms with van der Waals surface area (Å²) in [6, 6.07) is 1.19. The molecule has 0 fully saturated rings. The highest BCUT2D eigenvalue weighted by atomic mass is 16.4. The first-order chi connectivity index (χ1) is 6.69. The molecule has 0 saturated heterocycles. The molecule has 0 amide bonds. The molecule has 0 radical (unpaired) electrons. The molecule has 0 bridgehead atoms. The maximum absolute atomic E-state index is 10.7. The smallest absolute Gasteiger partial charge is 0.326 e. The van der Waals surface area contributed by atoms with Crippen molar-refractivity contribution in [3.8, 4) is 6.07 Å². The molecule has 1 aromatic rings. The third-order valence-corrected chi connectivity index (χ3v) is 1.78. The molecule has 0 aliphatic heterocycles. The second-order valence-electron chi connectivity index (χ2n) is 2.71. The molecule has 3 N–H and O–H groups in total. The van der Waals surface area contributed by atoms with Crippen LogP contribution >= 0.6 is 0 Å². The first-order valence-corrected chi connectivity index (χ1v) is 4.11. The minimum absolute atomic E-state index is 0.310. The predicted molar refractivity (Wildman–Crippen MR) is 48.6 cm³/mol. The molecule has 1 heterocycles. The second-order valence-corrected chi connectivity index (χ2v) is 2.71. The lowest BCUT2D eigenvalue weighted by molar-refractivity contribution is -0.137. The first kappa shape index (κ1) is 10.1. The van der Waals surface area contributed by atoms with Crippen molar-refractivity contribution >= 4 is 11.8 Å². The van der Waals surface area contributed by atoms with Gasteiger partial charge in [0.25, 0.3) is 0 Å². The Labute approximate surface area is 80.6 Å². The lowest BCUT2D eigenvalue weighted by atomic mass is 10.2. The van der Waals surface area contributed by atoms with Crippen LogP contribution in [-0.2, 0) is 4.79 Å². The Kier molecular flexibility index (Phi) is 3.07. The molecule has 1 rings (SSSR count). The molecular formula is C8H10N4O2. The number of aliphatic carboxylic acids is 1. The third kappa shape index (κ3) is 2.01. The third-order valence-electron chi connectivity index (χ3n) is 1.78. The summed E-state index contributed by atoms with van der Waals surface area (Å²) in [6.45, 7) is 1.74. The van der Waals surface area contributed by atoms with Crippen LogP contribution in [0.1, 0.15) is 18.9 Å². The lowest BCUT2D eigenvalue weighted by Gasteiger charge is -2.11. The van der Waals surface area contributed by atoms with Crippen LogP contribution in [0.5, 0.6) is 0 Å². The van der Waals surface area contributed by atoms with Crippen LogP contribution in [-0.4, -0.2) is 27.3 Å². The van der Waals surface area contributed by atoms with E-state index in [4.69, 9.17) is 10.4 Å². The summed E-state index contributed by atoms with van der Waals surface area (Å²) in [5.74, 6) is -0.604. The van der Waals surface area contributed by atoms with Crippen molar-refractivity contribution in [3.05, 3.63) is 11.8 Å². The summed E-state index contributed by atoms with van der Waals surface area (Å²) in [6.07, 6.45) is 1.77. The standard InChI is InChI=1S/C8H10N4O2/c1-2-6(8(13)14)11-7-5(3-9)4-10-12-7/h4,6H,2H2,1H3,(H,13,14)(H2,10,11,12). The maximum Gasteiger partial charge on any atom is 0.326 e. The summed E-state index contributed by atoms with van der Waals surface area (Å²) in [7, 11) is 0. The van der Waals surface area contributed by atoms with Crippen molar-refractivity contribution in [2.45, 2.75) is 19.4 Å². The number of nitrogens with zero attached hydrogens (tertiary/aromatic N) is 2. The zero-order chi connectivity index (χ0) is 10.6. The molecule has 0 aromatic carbocycles. The van der Waals surface area contributed by atoms with Gasteiger partial charge in [0.15, 0.2) is 0 Å². The molecule has 6 nitrogen and oxygen atoms in total. The molecule has 0 aliphatic carbocycles. The van der Waals surface area contributed by atoms with Gasteiger partial charge in [0, 0.05) is 0 Å². The van der Waals surface area contributed by atoms with Gasteiger partial charge >= 0.3 is 5.97 Å². The highest BCUT2D eigenvalue weighted by Gasteiger charge is 2.16. The van der Waals surface area contributed by atoms with E-state index < -0.39 is 12.0 Å². The number of carboxylic acids is 1. The van der Waals surface area contributed by atoms with Gasteiger partial charge in [0.1, 0.15) is 23.5 Å². The number of aromatic amines is 1. The fraction of sp³-hybridized carbons (Fsp3) is 0.375. The maximum atomic E-state index is 10.7. The van der Waals surface area contributed by atoms with E-state index in [0.717, 1.165) is 0 Å². The Bertz CT molecular complexity index is 366. The molecule has 0 saturated carbocycles. The van der Waals surface area contributed by atoms with E-state index in [0.29, 0.717) is 17.8 Å². The van der Waals surface area contributed by atoms with Crippen molar-refractivity contribution in [2.75, 3.05) is 5.32 Å². The number of hydrogen-bond donors (Lipinski definition) is 3. The van der Waals surface area contributed by atoms with E-state index in [-0.39, 0.29) is 0 Å². The van der Waals surface area contributed by atoms with Gasteiger partial charge in [-0.3, -0.25) is 5.10 Å². The van der Waals surface area contributed by atoms with Crippen LogP contribution in [0.15, 0.2) is 6.20 Å². The molecule has 1 aromatic heterocycles. The van der Waals surface area contributed by atoms with Crippen molar-refractivity contribution in [3.63, 3.8) is 0 Å². The first-order valence-electron chi connectivity index (χ1n) is 4.11. The Morgan fingerprint density at radius 2 is 2.64 bits per heavy atom. The fourth-order valence-corrected chi connectivity index (χ4v) is 0.994.